The molecule has 1 fully saturated rings. The highest BCUT2D eigenvalue weighted by Gasteiger charge is 2.29. The minimum Gasteiger partial charge on any atom is -0.481 e. The fourth-order valence-electron chi connectivity index (χ4n) is 1.82. The highest BCUT2D eigenvalue weighted by Crippen LogP contribution is 2.29. The Morgan fingerprint density at radius 1 is 1.33 bits per heavy atom. The molecule has 0 amide bonds. The first kappa shape index (κ1) is 9.23. The molecule has 1 unspecified atom stereocenters. The van der Waals surface area contributed by atoms with Crippen LogP contribution in [-0.2, 0) is 9.59 Å². The molecule has 0 bridgehead atoms. The molecular weight excluding hydrogens is 156 g/mol. The number of carbonyl (C=O) groups excluding carboxylic acids is 1. The average molecular weight is 169 g/mol. The van der Waals surface area contributed by atoms with Gasteiger partial charge in [-0.25, -0.2) is 0 Å². The number of rotatable bonds is 3. The molecule has 1 radical (unpaired) electrons. The van der Waals surface area contributed by atoms with Gasteiger partial charge in [0.25, 0.3) is 0 Å². The zero-order valence-corrected chi connectivity index (χ0v) is 6.95. The van der Waals surface area contributed by atoms with Crippen molar-refractivity contribution < 1.29 is 14.7 Å². The summed E-state index contributed by atoms with van der Waals surface area (Å²) in [5.74, 6) is -1.86. The van der Waals surface area contributed by atoms with Crippen LogP contribution in [0.3, 0.4) is 0 Å². The first-order valence-corrected chi connectivity index (χ1v) is 4.36. The van der Waals surface area contributed by atoms with Gasteiger partial charge in [-0.05, 0) is 18.8 Å². The molecule has 1 aliphatic rings. The van der Waals surface area contributed by atoms with Crippen molar-refractivity contribution in [1.82, 2.24) is 0 Å². The molecule has 1 aliphatic carbocycles. The predicted molar refractivity (Wildman–Crippen MR) is 43.4 cm³/mol. The molecule has 0 heterocycles. The molecule has 1 saturated carbocycles. The second kappa shape index (κ2) is 4.24. The number of carboxylic acid groups (broad SMARTS) is 1. The minimum atomic E-state index is -1.02. The van der Waals surface area contributed by atoms with E-state index in [4.69, 9.17) is 5.11 Å². The maximum Gasteiger partial charge on any atom is 0.314 e. The second-order valence-corrected chi connectivity index (χ2v) is 3.33. The normalized spacial score (nSPS) is 21.7. The van der Waals surface area contributed by atoms with Gasteiger partial charge in [-0.15, -0.1) is 0 Å². The summed E-state index contributed by atoms with van der Waals surface area (Å²) in [6.07, 6.45) is 6.63. The Morgan fingerprint density at radius 2 is 1.92 bits per heavy atom. The quantitative estimate of drug-likeness (QED) is 0.649. The Morgan fingerprint density at radius 3 is 2.33 bits per heavy atom. The van der Waals surface area contributed by atoms with E-state index in [1.54, 1.807) is 6.29 Å². The standard InChI is InChI=1S/C9H13O3/c10-6-8(9(11)12)7-4-2-1-3-5-7/h7-8H,1-5H2,(H,11,12). The molecule has 0 spiro atoms. The first-order chi connectivity index (χ1) is 5.75. The van der Waals surface area contributed by atoms with Gasteiger partial charge < -0.3 is 5.11 Å². The molecule has 1 atom stereocenters. The minimum absolute atomic E-state index is 0.0359. The van der Waals surface area contributed by atoms with Crippen molar-refractivity contribution in [2.75, 3.05) is 0 Å². The summed E-state index contributed by atoms with van der Waals surface area (Å²) in [4.78, 5) is 20.9. The molecule has 0 aromatic carbocycles. The monoisotopic (exact) mass is 169 g/mol. The molecule has 3 nitrogen and oxygen atoms in total. The summed E-state index contributed by atoms with van der Waals surface area (Å²) in [7, 11) is 0. The van der Waals surface area contributed by atoms with E-state index in [2.05, 4.69) is 0 Å². The van der Waals surface area contributed by atoms with Gasteiger partial charge in [0.05, 0.1) is 0 Å². The number of hydrogen-bond acceptors (Lipinski definition) is 2. The van der Waals surface area contributed by atoms with Crippen LogP contribution in [0.5, 0.6) is 0 Å². The van der Waals surface area contributed by atoms with Gasteiger partial charge >= 0.3 is 5.97 Å². The Kier molecular flexibility index (Phi) is 3.26. The van der Waals surface area contributed by atoms with Crippen molar-refractivity contribution in [3.8, 4) is 0 Å². The number of hydrogen-bond donors (Lipinski definition) is 1. The fourth-order valence-corrected chi connectivity index (χ4v) is 1.82. The smallest absolute Gasteiger partial charge is 0.314 e. The maximum atomic E-state index is 10.6. The summed E-state index contributed by atoms with van der Waals surface area (Å²) < 4.78 is 0. The van der Waals surface area contributed by atoms with Crippen LogP contribution in [0.1, 0.15) is 32.1 Å². The van der Waals surface area contributed by atoms with E-state index in [0.717, 1.165) is 25.7 Å². The van der Waals surface area contributed by atoms with Crippen LogP contribution in [0.25, 0.3) is 0 Å². The van der Waals surface area contributed by atoms with Gasteiger partial charge in [-0.3, -0.25) is 9.59 Å². The molecule has 1 rings (SSSR count). The van der Waals surface area contributed by atoms with E-state index < -0.39 is 11.9 Å². The van der Waals surface area contributed by atoms with Crippen LogP contribution >= 0.6 is 0 Å². The van der Waals surface area contributed by atoms with Crippen molar-refractivity contribution in [2.24, 2.45) is 11.8 Å². The Labute approximate surface area is 71.8 Å². The maximum absolute atomic E-state index is 10.6. The van der Waals surface area contributed by atoms with Gasteiger partial charge in [0.1, 0.15) is 5.92 Å². The van der Waals surface area contributed by atoms with Gasteiger partial charge in [0.15, 0.2) is 0 Å². The van der Waals surface area contributed by atoms with Crippen LogP contribution < -0.4 is 0 Å². The SMILES string of the molecule is O=[C]C(C(=O)O)C1CCCCC1. The lowest BCUT2D eigenvalue weighted by molar-refractivity contribution is -0.141. The Bertz CT molecular complexity index is 171. The lowest BCUT2D eigenvalue weighted by atomic mass is 9.81. The van der Waals surface area contributed by atoms with Crippen molar-refractivity contribution >= 4 is 12.3 Å². The third kappa shape index (κ3) is 2.06. The van der Waals surface area contributed by atoms with Crippen LogP contribution in [0.2, 0.25) is 0 Å². The lowest BCUT2D eigenvalue weighted by Crippen LogP contribution is -2.26. The third-order valence-electron chi connectivity index (χ3n) is 2.51. The van der Waals surface area contributed by atoms with E-state index in [9.17, 15) is 9.59 Å². The van der Waals surface area contributed by atoms with E-state index in [0.29, 0.717) is 0 Å². The van der Waals surface area contributed by atoms with Gasteiger partial charge in [0.2, 0.25) is 6.29 Å². The largest absolute Gasteiger partial charge is 0.481 e. The van der Waals surface area contributed by atoms with E-state index in [1.165, 1.54) is 6.42 Å². The van der Waals surface area contributed by atoms with E-state index >= 15 is 0 Å². The molecule has 0 saturated heterocycles. The third-order valence-corrected chi connectivity index (χ3v) is 2.51. The summed E-state index contributed by atoms with van der Waals surface area (Å²) in [6.45, 7) is 0. The molecule has 0 aromatic rings. The Hall–Kier alpha value is -0.860. The van der Waals surface area contributed by atoms with E-state index in [1.807, 2.05) is 0 Å². The second-order valence-electron chi connectivity index (χ2n) is 3.33. The van der Waals surface area contributed by atoms with Crippen LogP contribution in [0, 0.1) is 11.8 Å². The molecular formula is C9H13O3. The first-order valence-electron chi connectivity index (χ1n) is 4.36. The van der Waals surface area contributed by atoms with Crippen LogP contribution in [0.4, 0.5) is 0 Å². The van der Waals surface area contributed by atoms with Crippen LogP contribution in [0.15, 0.2) is 0 Å². The average Bonchev–Trinajstić information content (AvgIpc) is 2.07. The summed E-state index contributed by atoms with van der Waals surface area (Å²) in [5, 5.41) is 8.66. The summed E-state index contributed by atoms with van der Waals surface area (Å²) in [6, 6.07) is 0. The fraction of sp³-hybridized carbons (Fsp3) is 0.778. The van der Waals surface area contributed by atoms with E-state index in [-0.39, 0.29) is 5.92 Å². The molecule has 1 N–H and O–H groups in total. The zero-order valence-electron chi connectivity index (χ0n) is 6.95. The van der Waals surface area contributed by atoms with Crippen molar-refractivity contribution in [3.63, 3.8) is 0 Å². The topological polar surface area (TPSA) is 54.4 Å². The number of carboxylic acids is 1. The van der Waals surface area contributed by atoms with Crippen molar-refractivity contribution in [1.29, 1.82) is 0 Å². The molecule has 0 aliphatic heterocycles. The van der Waals surface area contributed by atoms with Crippen molar-refractivity contribution in [3.05, 3.63) is 0 Å². The molecule has 0 aromatic heterocycles. The molecule has 67 valence electrons. The van der Waals surface area contributed by atoms with Gasteiger partial charge in [-0.2, -0.15) is 0 Å². The molecule has 12 heavy (non-hydrogen) atoms. The summed E-state index contributed by atoms with van der Waals surface area (Å²) in [5.41, 5.74) is 0. The highest BCUT2D eigenvalue weighted by molar-refractivity contribution is 5.86. The number of carbonyl (C=O) groups is 1. The Balaban J connectivity index is 2.51. The van der Waals surface area contributed by atoms with Crippen LogP contribution in [-0.4, -0.2) is 17.4 Å². The summed E-state index contributed by atoms with van der Waals surface area (Å²) >= 11 is 0. The van der Waals surface area contributed by atoms with Gasteiger partial charge in [-0.1, -0.05) is 19.3 Å². The lowest BCUT2D eigenvalue weighted by Gasteiger charge is -2.23. The predicted octanol–water partition coefficient (Wildman–Crippen LogP) is 1.38. The zero-order chi connectivity index (χ0) is 8.97. The van der Waals surface area contributed by atoms with Gasteiger partial charge in [0, 0.05) is 0 Å². The van der Waals surface area contributed by atoms with Crippen molar-refractivity contribution in [2.45, 2.75) is 32.1 Å². The number of aliphatic carboxylic acids is 1. The highest BCUT2D eigenvalue weighted by atomic mass is 16.4. The molecule has 3 heteroatoms.